The molecule has 2 aromatic carbocycles. The Morgan fingerprint density at radius 2 is 1.67 bits per heavy atom. The molecule has 1 aromatic heterocycles. The second-order valence-corrected chi connectivity index (χ2v) is 7.80. The Balaban J connectivity index is 1.46. The smallest absolute Gasteiger partial charge is 0.339 e. The first-order valence-electron chi connectivity index (χ1n) is 9.81. The molecule has 0 unspecified atom stereocenters. The topological polar surface area (TPSA) is 134 Å². The molecule has 168 valence electrons. The highest BCUT2D eigenvalue weighted by molar-refractivity contribution is 7.14. The molecule has 33 heavy (non-hydrogen) atoms. The van der Waals surface area contributed by atoms with E-state index >= 15 is 0 Å². The molecule has 10 heteroatoms. The van der Waals surface area contributed by atoms with E-state index in [1.165, 1.54) is 18.2 Å². The molecule has 2 amide bonds. The van der Waals surface area contributed by atoms with Crippen LogP contribution in [-0.2, 0) is 9.53 Å². The minimum atomic E-state index is -0.840. The van der Waals surface area contributed by atoms with Gasteiger partial charge in [0.2, 0.25) is 0 Å². The fourth-order valence-corrected chi connectivity index (χ4v) is 3.98. The summed E-state index contributed by atoms with van der Waals surface area (Å²) < 4.78 is 16.1. The van der Waals surface area contributed by atoms with Crippen LogP contribution in [0.25, 0.3) is 0 Å². The van der Waals surface area contributed by atoms with Gasteiger partial charge in [-0.2, -0.15) is 0 Å². The molecule has 1 aliphatic heterocycles. The van der Waals surface area contributed by atoms with Gasteiger partial charge in [-0.15, -0.1) is 11.3 Å². The summed E-state index contributed by atoms with van der Waals surface area (Å²) in [4.78, 5) is 49.3. The molecule has 0 saturated carbocycles. The van der Waals surface area contributed by atoms with Crippen molar-refractivity contribution in [3.8, 4) is 11.5 Å². The van der Waals surface area contributed by atoms with Crippen molar-refractivity contribution in [2.45, 2.75) is 0 Å². The van der Waals surface area contributed by atoms with Crippen molar-refractivity contribution in [1.82, 2.24) is 0 Å². The number of anilines is 1. The van der Waals surface area contributed by atoms with Crippen LogP contribution in [0.1, 0.15) is 36.6 Å². The highest BCUT2D eigenvalue weighted by Crippen LogP contribution is 2.31. The molecule has 0 fully saturated rings. The molecule has 2 heterocycles. The maximum Gasteiger partial charge on any atom is 0.339 e. The molecule has 1 aliphatic rings. The molecule has 3 aromatic rings. The number of fused-ring (bicyclic) bond motifs is 1. The van der Waals surface area contributed by atoms with Crippen LogP contribution in [0.5, 0.6) is 11.5 Å². The third-order valence-electron chi connectivity index (χ3n) is 4.71. The van der Waals surface area contributed by atoms with Crippen LogP contribution in [0, 0.1) is 0 Å². The normalized spacial score (nSPS) is 12.0. The van der Waals surface area contributed by atoms with Gasteiger partial charge < -0.3 is 25.3 Å². The van der Waals surface area contributed by atoms with E-state index in [-0.39, 0.29) is 21.7 Å². The average molecular weight is 466 g/mol. The van der Waals surface area contributed by atoms with E-state index in [0.29, 0.717) is 30.3 Å². The number of rotatable bonds is 7. The van der Waals surface area contributed by atoms with Gasteiger partial charge in [-0.25, -0.2) is 4.79 Å². The van der Waals surface area contributed by atoms with Crippen LogP contribution in [0.4, 0.5) is 5.00 Å². The Morgan fingerprint density at radius 1 is 0.939 bits per heavy atom. The predicted molar refractivity (Wildman–Crippen MR) is 119 cm³/mol. The van der Waals surface area contributed by atoms with Gasteiger partial charge in [-0.1, -0.05) is 18.2 Å². The zero-order valence-corrected chi connectivity index (χ0v) is 18.0. The molecule has 0 spiro atoms. The van der Waals surface area contributed by atoms with Gasteiger partial charge in [0.15, 0.2) is 23.9 Å². The van der Waals surface area contributed by atoms with Gasteiger partial charge in [0.1, 0.15) is 18.2 Å². The molecule has 0 radical (unpaired) electrons. The van der Waals surface area contributed by atoms with Crippen LogP contribution in [0.3, 0.4) is 0 Å². The predicted octanol–water partition coefficient (Wildman–Crippen LogP) is 2.64. The summed E-state index contributed by atoms with van der Waals surface area (Å²) in [7, 11) is 0. The molecular formula is C23H18N2O7S. The van der Waals surface area contributed by atoms with E-state index in [4.69, 9.17) is 19.9 Å². The standard InChI is InChI=1S/C23H18N2O7S/c24-21(28)16-7-10-33-22(16)25-19(26)12-32-23(29)15-4-2-1-3-14(15)20(27)13-5-6-17-18(11-13)31-9-8-30-17/h1-7,10-11H,8-9,12H2,(H2,24,28)(H,25,26). The lowest BCUT2D eigenvalue weighted by Crippen LogP contribution is -2.23. The number of esters is 1. The molecule has 0 saturated heterocycles. The van der Waals surface area contributed by atoms with E-state index in [2.05, 4.69) is 5.32 Å². The van der Waals surface area contributed by atoms with Crippen molar-refractivity contribution in [3.05, 3.63) is 76.2 Å². The Labute approximate surface area is 192 Å². The molecule has 4 rings (SSSR count). The number of carbonyl (C=O) groups is 4. The molecular weight excluding hydrogens is 448 g/mol. The quantitative estimate of drug-likeness (QED) is 0.404. The Kier molecular flexibility index (Phi) is 6.36. The number of hydrogen-bond donors (Lipinski definition) is 2. The average Bonchev–Trinajstić information content (AvgIpc) is 3.30. The van der Waals surface area contributed by atoms with Crippen molar-refractivity contribution >= 4 is 39.9 Å². The van der Waals surface area contributed by atoms with Gasteiger partial charge in [-0.3, -0.25) is 14.4 Å². The summed E-state index contributed by atoms with van der Waals surface area (Å²) in [6.07, 6.45) is 0. The van der Waals surface area contributed by atoms with Crippen molar-refractivity contribution in [2.24, 2.45) is 5.73 Å². The minimum absolute atomic E-state index is 0.0131. The summed E-state index contributed by atoms with van der Waals surface area (Å²) in [5.41, 5.74) is 5.86. The van der Waals surface area contributed by atoms with Gasteiger partial charge in [0, 0.05) is 11.1 Å². The number of nitrogens with one attached hydrogen (secondary N) is 1. The summed E-state index contributed by atoms with van der Waals surface area (Å²) in [5.74, 6) is -1.59. The van der Waals surface area contributed by atoms with E-state index in [0.717, 1.165) is 11.3 Å². The number of ketones is 1. The molecule has 9 nitrogen and oxygen atoms in total. The van der Waals surface area contributed by atoms with Crippen LogP contribution >= 0.6 is 11.3 Å². The summed E-state index contributed by atoms with van der Waals surface area (Å²) in [6.45, 7) is 0.197. The fourth-order valence-electron chi connectivity index (χ4n) is 3.17. The van der Waals surface area contributed by atoms with Gasteiger partial charge >= 0.3 is 5.97 Å². The Hall–Kier alpha value is -4.18. The lowest BCUT2D eigenvalue weighted by molar-refractivity contribution is -0.119. The van der Waals surface area contributed by atoms with E-state index in [9.17, 15) is 19.2 Å². The Bertz CT molecular complexity index is 1250. The molecule has 0 aliphatic carbocycles. The number of nitrogens with two attached hydrogens (primary N) is 1. The zero-order valence-electron chi connectivity index (χ0n) is 17.2. The van der Waals surface area contributed by atoms with E-state index in [1.807, 2.05) is 0 Å². The largest absolute Gasteiger partial charge is 0.486 e. The van der Waals surface area contributed by atoms with Gasteiger partial charge in [0.25, 0.3) is 11.8 Å². The maximum atomic E-state index is 13.1. The number of thiophene rings is 1. The molecule has 0 bridgehead atoms. The summed E-state index contributed by atoms with van der Waals surface area (Å²) in [6, 6.07) is 12.4. The number of ether oxygens (including phenoxy) is 3. The van der Waals surface area contributed by atoms with E-state index in [1.54, 1.807) is 35.7 Å². The Morgan fingerprint density at radius 3 is 2.42 bits per heavy atom. The minimum Gasteiger partial charge on any atom is -0.486 e. The number of hydrogen-bond acceptors (Lipinski definition) is 8. The van der Waals surface area contributed by atoms with Crippen molar-refractivity contribution in [2.75, 3.05) is 25.1 Å². The second kappa shape index (κ2) is 9.53. The summed E-state index contributed by atoms with van der Waals surface area (Å²) >= 11 is 1.11. The molecule has 3 N–H and O–H groups in total. The first kappa shape index (κ1) is 22.0. The number of amides is 2. The number of primary amides is 1. The third-order valence-corrected chi connectivity index (χ3v) is 5.54. The first-order valence-corrected chi connectivity index (χ1v) is 10.7. The van der Waals surface area contributed by atoms with Crippen LogP contribution in [0.15, 0.2) is 53.9 Å². The number of carbonyl (C=O) groups excluding carboxylic acids is 4. The SMILES string of the molecule is NC(=O)c1ccsc1NC(=O)COC(=O)c1ccccc1C(=O)c1ccc2c(c1)OCCO2. The zero-order chi connectivity index (χ0) is 23.4. The van der Waals surface area contributed by atoms with Gasteiger partial charge in [-0.05, 0) is 35.7 Å². The van der Waals surface area contributed by atoms with Crippen molar-refractivity contribution in [3.63, 3.8) is 0 Å². The van der Waals surface area contributed by atoms with E-state index < -0.39 is 30.2 Å². The lowest BCUT2D eigenvalue weighted by atomic mass is 9.98. The van der Waals surface area contributed by atoms with Crippen LogP contribution < -0.4 is 20.5 Å². The highest BCUT2D eigenvalue weighted by Gasteiger charge is 2.22. The second-order valence-electron chi connectivity index (χ2n) is 6.89. The highest BCUT2D eigenvalue weighted by atomic mass is 32.1. The lowest BCUT2D eigenvalue weighted by Gasteiger charge is -2.18. The fraction of sp³-hybridized carbons (Fsp3) is 0.130. The van der Waals surface area contributed by atoms with Crippen LogP contribution in [0.2, 0.25) is 0 Å². The van der Waals surface area contributed by atoms with Crippen molar-refractivity contribution in [1.29, 1.82) is 0 Å². The third kappa shape index (κ3) is 4.85. The van der Waals surface area contributed by atoms with Crippen molar-refractivity contribution < 1.29 is 33.4 Å². The first-order chi connectivity index (χ1) is 15.9. The van der Waals surface area contributed by atoms with Crippen LogP contribution in [-0.4, -0.2) is 43.4 Å². The number of benzene rings is 2. The maximum absolute atomic E-state index is 13.1. The summed E-state index contributed by atoms with van der Waals surface area (Å²) in [5, 5.41) is 4.34. The monoisotopic (exact) mass is 466 g/mol. The molecule has 0 atom stereocenters. The van der Waals surface area contributed by atoms with Gasteiger partial charge in [0.05, 0.1) is 11.1 Å².